The summed E-state index contributed by atoms with van der Waals surface area (Å²) in [5, 5.41) is 3.57. The Bertz CT molecular complexity index is 698. The number of halogens is 3. The fraction of sp³-hybridized carbons (Fsp3) is 0.333. The highest BCUT2D eigenvalue weighted by Crippen LogP contribution is 2.23. The number of carbonyl (C=O) groups is 1. The number of nitrogens with one attached hydrogen (secondary N) is 1. The first kappa shape index (κ1) is 17.3. The number of nitrogens with zero attached hydrogens (tertiary/aromatic N) is 1. The number of ether oxygens (including phenoxy) is 1. The van der Waals surface area contributed by atoms with Crippen molar-refractivity contribution in [2.45, 2.75) is 33.2 Å². The van der Waals surface area contributed by atoms with Crippen LogP contribution in [0, 0.1) is 13.8 Å². The number of hydrogen-bond acceptors (Lipinski definition) is 4. The molecule has 1 aromatic heterocycles. The fourth-order valence-electron chi connectivity index (χ4n) is 2.00. The highest BCUT2D eigenvalue weighted by atomic mass is 32.1. The van der Waals surface area contributed by atoms with Gasteiger partial charge in [0, 0.05) is 11.4 Å². The summed E-state index contributed by atoms with van der Waals surface area (Å²) >= 11 is 1.46. The van der Waals surface area contributed by atoms with Crippen LogP contribution in [0.25, 0.3) is 0 Å². The number of hydrogen-bond donors (Lipinski definition) is 1. The minimum absolute atomic E-state index is 0.130. The van der Waals surface area contributed by atoms with E-state index in [0.717, 1.165) is 15.6 Å². The van der Waals surface area contributed by atoms with Crippen molar-refractivity contribution in [3.05, 3.63) is 45.4 Å². The summed E-state index contributed by atoms with van der Waals surface area (Å²) in [4.78, 5) is 17.0. The average Bonchev–Trinajstić information content (AvgIpc) is 2.73. The van der Waals surface area contributed by atoms with Crippen LogP contribution in [0.3, 0.4) is 0 Å². The molecule has 2 rings (SSSR count). The number of aryl methyl sites for hydroxylation is 2. The predicted molar refractivity (Wildman–Crippen MR) is 80.3 cm³/mol. The zero-order chi connectivity index (χ0) is 17.0. The molecule has 0 saturated heterocycles. The summed E-state index contributed by atoms with van der Waals surface area (Å²) in [6, 6.07) is 5.52. The lowest BCUT2D eigenvalue weighted by atomic mass is 10.2. The van der Waals surface area contributed by atoms with Gasteiger partial charge in [-0.15, -0.1) is 24.5 Å². The molecule has 124 valence electrons. The van der Waals surface area contributed by atoms with Crippen LogP contribution in [-0.4, -0.2) is 17.3 Å². The second-order valence-corrected chi connectivity index (χ2v) is 6.18. The zero-order valence-electron chi connectivity index (χ0n) is 12.5. The molecule has 0 spiro atoms. The lowest BCUT2D eigenvalue weighted by molar-refractivity contribution is -0.274. The molecule has 0 aliphatic carbocycles. The third-order valence-electron chi connectivity index (χ3n) is 2.94. The van der Waals surface area contributed by atoms with Crippen molar-refractivity contribution < 1.29 is 22.7 Å². The van der Waals surface area contributed by atoms with Crippen LogP contribution in [0.2, 0.25) is 0 Å². The molecule has 0 fully saturated rings. The molecule has 4 nitrogen and oxygen atoms in total. The van der Waals surface area contributed by atoms with Crippen LogP contribution in [-0.2, 0) is 17.8 Å². The first-order valence-electron chi connectivity index (χ1n) is 6.77. The summed E-state index contributed by atoms with van der Waals surface area (Å²) in [7, 11) is 0. The van der Waals surface area contributed by atoms with E-state index in [-0.39, 0.29) is 24.6 Å². The molecule has 1 N–H and O–H groups in total. The van der Waals surface area contributed by atoms with Gasteiger partial charge in [-0.3, -0.25) is 4.79 Å². The lowest BCUT2D eigenvalue weighted by Gasteiger charge is -2.10. The third-order valence-corrected chi connectivity index (χ3v) is 4.02. The van der Waals surface area contributed by atoms with Crippen LogP contribution in [0.15, 0.2) is 24.3 Å². The topological polar surface area (TPSA) is 51.2 Å². The molecular weight excluding hydrogens is 329 g/mol. The second-order valence-electron chi connectivity index (χ2n) is 4.89. The second kappa shape index (κ2) is 6.99. The van der Waals surface area contributed by atoms with Crippen molar-refractivity contribution in [3.8, 4) is 5.75 Å². The molecular formula is C15H15F3N2O2S. The summed E-state index contributed by atoms with van der Waals surface area (Å²) in [6.45, 7) is 3.83. The Balaban J connectivity index is 1.91. The molecule has 23 heavy (non-hydrogen) atoms. The van der Waals surface area contributed by atoms with Crippen molar-refractivity contribution >= 4 is 17.2 Å². The molecule has 1 aromatic carbocycles. The lowest BCUT2D eigenvalue weighted by Crippen LogP contribution is -2.24. The Kier molecular flexibility index (Phi) is 5.25. The van der Waals surface area contributed by atoms with Crippen molar-refractivity contribution in [2.24, 2.45) is 0 Å². The van der Waals surface area contributed by atoms with E-state index in [1.54, 1.807) is 6.07 Å². The largest absolute Gasteiger partial charge is 0.573 e. The maximum absolute atomic E-state index is 12.2. The molecule has 0 radical (unpaired) electrons. The van der Waals surface area contributed by atoms with E-state index >= 15 is 0 Å². The number of rotatable bonds is 5. The van der Waals surface area contributed by atoms with Gasteiger partial charge in [-0.1, -0.05) is 12.1 Å². The quantitative estimate of drug-likeness (QED) is 0.903. The van der Waals surface area contributed by atoms with Gasteiger partial charge in [0.05, 0.1) is 17.1 Å². The molecule has 0 atom stereocenters. The smallest absolute Gasteiger partial charge is 0.406 e. The highest BCUT2D eigenvalue weighted by molar-refractivity contribution is 7.11. The average molecular weight is 344 g/mol. The third kappa shape index (κ3) is 5.55. The van der Waals surface area contributed by atoms with Gasteiger partial charge in [0.1, 0.15) is 5.75 Å². The van der Waals surface area contributed by atoms with E-state index in [2.05, 4.69) is 15.0 Å². The number of carbonyl (C=O) groups excluding carboxylic acids is 1. The number of aromatic nitrogens is 1. The molecule has 1 heterocycles. The van der Waals surface area contributed by atoms with Gasteiger partial charge in [0.15, 0.2) is 0 Å². The van der Waals surface area contributed by atoms with Crippen molar-refractivity contribution in [3.63, 3.8) is 0 Å². The van der Waals surface area contributed by atoms with Crippen LogP contribution in [0.1, 0.15) is 21.1 Å². The number of benzene rings is 1. The van der Waals surface area contributed by atoms with Gasteiger partial charge in [-0.05, 0) is 31.5 Å². The van der Waals surface area contributed by atoms with E-state index in [0.29, 0.717) is 5.56 Å². The van der Waals surface area contributed by atoms with E-state index in [1.165, 1.54) is 29.5 Å². The molecule has 0 unspecified atom stereocenters. The molecule has 8 heteroatoms. The SMILES string of the molecule is Cc1nc(C)c(CC(=O)NCc2cccc(OC(F)(F)F)c2)s1. The molecule has 0 aliphatic heterocycles. The number of thiazole rings is 1. The normalized spacial score (nSPS) is 11.3. The van der Waals surface area contributed by atoms with Crippen molar-refractivity contribution in [1.82, 2.24) is 10.3 Å². The van der Waals surface area contributed by atoms with Gasteiger partial charge < -0.3 is 10.1 Å². The molecule has 1 amide bonds. The predicted octanol–water partition coefficient (Wildman–Crippen LogP) is 3.52. The van der Waals surface area contributed by atoms with Crippen LogP contribution >= 0.6 is 11.3 Å². The zero-order valence-corrected chi connectivity index (χ0v) is 13.3. The maximum Gasteiger partial charge on any atom is 0.573 e. The van der Waals surface area contributed by atoms with E-state index in [1.807, 2.05) is 13.8 Å². The van der Waals surface area contributed by atoms with Crippen LogP contribution < -0.4 is 10.1 Å². The Labute approximate surface area is 135 Å². The van der Waals surface area contributed by atoms with E-state index in [9.17, 15) is 18.0 Å². The van der Waals surface area contributed by atoms with Gasteiger partial charge in [-0.2, -0.15) is 0 Å². The van der Waals surface area contributed by atoms with Gasteiger partial charge in [0.25, 0.3) is 0 Å². The van der Waals surface area contributed by atoms with Gasteiger partial charge in [-0.25, -0.2) is 4.98 Å². The van der Waals surface area contributed by atoms with Gasteiger partial charge >= 0.3 is 6.36 Å². The highest BCUT2D eigenvalue weighted by Gasteiger charge is 2.31. The maximum atomic E-state index is 12.2. The summed E-state index contributed by atoms with van der Waals surface area (Å²) in [6.07, 6.45) is -4.53. The van der Waals surface area contributed by atoms with E-state index < -0.39 is 6.36 Å². The van der Waals surface area contributed by atoms with Gasteiger partial charge in [0.2, 0.25) is 5.91 Å². The molecule has 0 saturated carbocycles. The Morgan fingerprint density at radius 1 is 1.35 bits per heavy atom. The number of alkyl halides is 3. The summed E-state index contributed by atoms with van der Waals surface area (Å²) in [5.74, 6) is -0.517. The molecule has 2 aromatic rings. The number of amides is 1. The fourth-order valence-corrected chi connectivity index (χ4v) is 2.93. The first-order chi connectivity index (χ1) is 10.7. The first-order valence-corrected chi connectivity index (χ1v) is 7.59. The molecule has 0 bridgehead atoms. The molecule has 0 aliphatic rings. The monoisotopic (exact) mass is 344 g/mol. The minimum atomic E-state index is -4.73. The Morgan fingerprint density at radius 2 is 2.09 bits per heavy atom. The summed E-state index contributed by atoms with van der Waals surface area (Å²) < 4.78 is 40.4. The standard InChI is InChI=1S/C15H15F3N2O2S/c1-9-13(23-10(2)20-9)7-14(21)19-8-11-4-3-5-12(6-11)22-15(16,17)18/h3-6H,7-8H2,1-2H3,(H,19,21). The van der Waals surface area contributed by atoms with Crippen LogP contribution in [0.5, 0.6) is 5.75 Å². The summed E-state index contributed by atoms with van der Waals surface area (Å²) in [5.41, 5.74) is 1.35. The van der Waals surface area contributed by atoms with Crippen LogP contribution in [0.4, 0.5) is 13.2 Å². The Hall–Kier alpha value is -2.09. The van der Waals surface area contributed by atoms with Crippen molar-refractivity contribution in [2.75, 3.05) is 0 Å². The minimum Gasteiger partial charge on any atom is -0.406 e. The Morgan fingerprint density at radius 3 is 2.70 bits per heavy atom. The van der Waals surface area contributed by atoms with E-state index in [4.69, 9.17) is 0 Å². The van der Waals surface area contributed by atoms with Crippen molar-refractivity contribution in [1.29, 1.82) is 0 Å².